The van der Waals surface area contributed by atoms with Crippen molar-refractivity contribution in [2.24, 2.45) is 5.92 Å². The summed E-state index contributed by atoms with van der Waals surface area (Å²) in [5.74, 6) is 0.901. The Bertz CT molecular complexity index is 184. The van der Waals surface area contributed by atoms with Crippen molar-refractivity contribution < 1.29 is 4.79 Å². The van der Waals surface area contributed by atoms with Crippen LogP contribution >= 0.6 is 15.9 Å². The van der Waals surface area contributed by atoms with E-state index in [4.69, 9.17) is 0 Å². The molecular weight excluding hydrogens is 242 g/mol. The molecule has 0 radical (unpaired) electrons. The van der Waals surface area contributed by atoms with Crippen LogP contribution in [-0.2, 0) is 4.79 Å². The van der Waals surface area contributed by atoms with Gasteiger partial charge in [0.15, 0.2) is 0 Å². The summed E-state index contributed by atoms with van der Waals surface area (Å²) < 4.78 is 0. The Morgan fingerprint density at radius 1 is 1.50 bits per heavy atom. The third kappa shape index (κ3) is 4.45. The number of halogens is 1. The molecular formula is C11H20BrNO. The molecule has 0 spiro atoms. The van der Waals surface area contributed by atoms with Crippen LogP contribution in [0.15, 0.2) is 0 Å². The van der Waals surface area contributed by atoms with Crippen LogP contribution in [0.3, 0.4) is 0 Å². The Labute approximate surface area is 95.0 Å². The van der Waals surface area contributed by atoms with Crippen LogP contribution < -0.4 is 5.32 Å². The lowest BCUT2D eigenvalue weighted by atomic mass is 9.89. The molecule has 1 aliphatic rings. The van der Waals surface area contributed by atoms with E-state index >= 15 is 0 Å². The molecule has 0 bridgehead atoms. The van der Waals surface area contributed by atoms with Crippen LogP contribution in [0.4, 0.5) is 0 Å². The molecule has 1 fully saturated rings. The Morgan fingerprint density at radius 3 is 2.93 bits per heavy atom. The number of hydrogen-bond donors (Lipinski definition) is 1. The number of alkyl halides is 1. The SMILES string of the molecule is CCCC(=O)NCC1CCCC(Br)C1. The van der Waals surface area contributed by atoms with Crippen molar-refractivity contribution in [3.63, 3.8) is 0 Å². The lowest BCUT2D eigenvalue weighted by molar-refractivity contribution is -0.121. The van der Waals surface area contributed by atoms with E-state index in [2.05, 4.69) is 21.2 Å². The van der Waals surface area contributed by atoms with E-state index in [0.29, 0.717) is 17.2 Å². The number of carbonyl (C=O) groups excluding carboxylic acids is 1. The zero-order chi connectivity index (χ0) is 10.4. The quantitative estimate of drug-likeness (QED) is 0.775. The molecule has 1 rings (SSSR count). The minimum absolute atomic E-state index is 0.212. The van der Waals surface area contributed by atoms with E-state index in [1.54, 1.807) is 0 Å². The molecule has 1 saturated carbocycles. The van der Waals surface area contributed by atoms with E-state index < -0.39 is 0 Å². The molecule has 0 aliphatic heterocycles. The highest BCUT2D eigenvalue weighted by Crippen LogP contribution is 2.28. The summed E-state index contributed by atoms with van der Waals surface area (Å²) in [5.41, 5.74) is 0. The number of nitrogens with one attached hydrogen (secondary N) is 1. The molecule has 0 aromatic heterocycles. The molecule has 1 aliphatic carbocycles. The third-order valence-corrected chi connectivity index (χ3v) is 3.62. The molecule has 14 heavy (non-hydrogen) atoms. The summed E-state index contributed by atoms with van der Waals surface area (Å²) in [5, 5.41) is 3.01. The number of rotatable bonds is 4. The highest BCUT2D eigenvalue weighted by Gasteiger charge is 2.19. The van der Waals surface area contributed by atoms with Crippen molar-refractivity contribution in [3.05, 3.63) is 0 Å². The standard InChI is InChI=1S/C11H20BrNO/c1-2-4-11(14)13-8-9-5-3-6-10(12)7-9/h9-10H,2-8H2,1H3,(H,13,14). The maximum Gasteiger partial charge on any atom is 0.219 e. The Hall–Kier alpha value is -0.0500. The van der Waals surface area contributed by atoms with E-state index in [9.17, 15) is 4.79 Å². The molecule has 0 aromatic rings. The van der Waals surface area contributed by atoms with E-state index in [0.717, 1.165) is 13.0 Å². The van der Waals surface area contributed by atoms with E-state index in [1.165, 1.54) is 25.7 Å². The van der Waals surface area contributed by atoms with Gasteiger partial charge in [0.25, 0.3) is 0 Å². The first kappa shape index (κ1) is 12.0. The first-order valence-corrected chi connectivity index (χ1v) is 6.54. The van der Waals surface area contributed by atoms with Gasteiger partial charge in [0.05, 0.1) is 0 Å². The van der Waals surface area contributed by atoms with Crippen molar-refractivity contribution in [3.8, 4) is 0 Å². The first-order valence-electron chi connectivity index (χ1n) is 5.63. The summed E-state index contributed by atoms with van der Waals surface area (Å²) >= 11 is 3.65. The van der Waals surface area contributed by atoms with E-state index in [-0.39, 0.29) is 5.91 Å². The zero-order valence-corrected chi connectivity index (χ0v) is 10.5. The first-order chi connectivity index (χ1) is 6.72. The van der Waals surface area contributed by atoms with Gasteiger partial charge in [0.1, 0.15) is 0 Å². The fourth-order valence-electron chi connectivity index (χ4n) is 1.98. The van der Waals surface area contributed by atoms with E-state index in [1.807, 2.05) is 6.92 Å². The second kappa shape index (κ2) is 6.44. The molecule has 0 aromatic carbocycles. The van der Waals surface area contributed by atoms with Crippen molar-refractivity contribution >= 4 is 21.8 Å². The monoisotopic (exact) mass is 261 g/mol. The maximum atomic E-state index is 11.2. The van der Waals surface area contributed by atoms with Crippen LogP contribution in [0.1, 0.15) is 45.4 Å². The molecule has 82 valence electrons. The summed E-state index contributed by atoms with van der Waals surface area (Å²) in [6.45, 7) is 2.91. The zero-order valence-electron chi connectivity index (χ0n) is 8.89. The number of amides is 1. The fraction of sp³-hybridized carbons (Fsp3) is 0.909. The molecule has 2 atom stereocenters. The normalized spacial score (nSPS) is 27.3. The van der Waals surface area contributed by atoms with Crippen LogP contribution in [0, 0.1) is 5.92 Å². The van der Waals surface area contributed by atoms with Gasteiger partial charge in [-0.25, -0.2) is 0 Å². The predicted molar refractivity (Wildman–Crippen MR) is 62.6 cm³/mol. The van der Waals surface area contributed by atoms with Crippen LogP contribution in [0.2, 0.25) is 0 Å². The van der Waals surface area contributed by atoms with Crippen molar-refractivity contribution in [2.75, 3.05) is 6.54 Å². The van der Waals surface area contributed by atoms with Crippen LogP contribution in [0.5, 0.6) is 0 Å². The smallest absolute Gasteiger partial charge is 0.219 e. The van der Waals surface area contributed by atoms with Gasteiger partial charge in [-0.1, -0.05) is 29.3 Å². The lowest BCUT2D eigenvalue weighted by Crippen LogP contribution is -2.31. The minimum atomic E-state index is 0.212. The summed E-state index contributed by atoms with van der Waals surface area (Å²) in [7, 11) is 0. The summed E-state index contributed by atoms with van der Waals surface area (Å²) in [6.07, 6.45) is 6.69. The van der Waals surface area contributed by atoms with Gasteiger partial charge in [-0.15, -0.1) is 0 Å². The van der Waals surface area contributed by atoms with Gasteiger partial charge in [0, 0.05) is 17.8 Å². The largest absolute Gasteiger partial charge is 0.356 e. The van der Waals surface area contributed by atoms with Gasteiger partial charge < -0.3 is 5.32 Å². The third-order valence-electron chi connectivity index (χ3n) is 2.78. The Morgan fingerprint density at radius 2 is 2.29 bits per heavy atom. The van der Waals surface area contributed by atoms with Gasteiger partial charge in [0.2, 0.25) is 5.91 Å². The molecule has 2 unspecified atom stereocenters. The minimum Gasteiger partial charge on any atom is -0.356 e. The van der Waals surface area contributed by atoms with Crippen molar-refractivity contribution in [1.29, 1.82) is 0 Å². The van der Waals surface area contributed by atoms with Crippen molar-refractivity contribution in [1.82, 2.24) is 5.32 Å². The molecule has 2 nitrogen and oxygen atoms in total. The lowest BCUT2D eigenvalue weighted by Gasteiger charge is -2.25. The topological polar surface area (TPSA) is 29.1 Å². The molecule has 1 N–H and O–H groups in total. The average molecular weight is 262 g/mol. The molecule has 0 heterocycles. The average Bonchev–Trinajstić information content (AvgIpc) is 2.15. The number of hydrogen-bond acceptors (Lipinski definition) is 1. The van der Waals surface area contributed by atoms with Crippen LogP contribution in [-0.4, -0.2) is 17.3 Å². The summed E-state index contributed by atoms with van der Waals surface area (Å²) in [4.78, 5) is 11.9. The Kier molecular flexibility index (Phi) is 5.53. The predicted octanol–water partition coefficient (Wildman–Crippen LogP) is 2.86. The maximum absolute atomic E-state index is 11.2. The fourth-order valence-corrected chi connectivity index (χ4v) is 2.84. The van der Waals surface area contributed by atoms with Crippen LogP contribution in [0.25, 0.3) is 0 Å². The highest BCUT2D eigenvalue weighted by atomic mass is 79.9. The number of carbonyl (C=O) groups is 1. The van der Waals surface area contributed by atoms with Gasteiger partial charge in [-0.05, 0) is 31.6 Å². The van der Waals surface area contributed by atoms with Crippen molar-refractivity contribution in [2.45, 2.75) is 50.3 Å². The van der Waals surface area contributed by atoms with Gasteiger partial charge >= 0.3 is 0 Å². The summed E-state index contributed by atoms with van der Waals surface area (Å²) in [6, 6.07) is 0. The Balaban J connectivity index is 2.14. The highest BCUT2D eigenvalue weighted by molar-refractivity contribution is 9.09. The molecule has 0 saturated heterocycles. The second-order valence-electron chi connectivity index (χ2n) is 4.18. The molecule has 1 amide bonds. The molecule has 3 heteroatoms. The second-order valence-corrected chi connectivity index (χ2v) is 5.48. The van der Waals surface area contributed by atoms with Gasteiger partial charge in [-0.3, -0.25) is 4.79 Å². The van der Waals surface area contributed by atoms with Gasteiger partial charge in [-0.2, -0.15) is 0 Å².